The van der Waals surface area contributed by atoms with Crippen molar-refractivity contribution in [1.82, 2.24) is 4.98 Å². The van der Waals surface area contributed by atoms with Crippen LogP contribution in [0.3, 0.4) is 0 Å². The molecule has 94 valence electrons. The summed E-state index contributed by atoms with van der Waals surface area (Å²) in [6, 6.07) is 4.17. The van der Waals surface area contributed by atoms with Crippen LogP contribution in [0.5, 0.6) is 0 Å². The molecule has 1 aromatic heterocycles. The van der Waals surface area contributed by atoms with Crippen LogP contribution in [0.4, 0.5) is 13.2 Å². The summed E-state index contributed by atoms with van der Waals surface area (Å²) in [4.78, 5) is 3.76. The normalized spacial score (nSPS) is 12.5. The summed E-state index contributed by atoms with van der Waals surface area (Å²) in [5, 5.41) is 0. The van der Waals surface area contributed by atoms with E-state index in [0.717, 1.165) is 0 Å². The van der Waals surface area contributed by atoms with E-state index in [1.807, 2.05) is 0 Å². The van der Waals surface area contributed by atoms with Crippen LogP contribution in [-0.2, 0) is 0 Å². The molecule has 0 amide bonds. The molecule has 0 saturated carbocycles. The zero-order valence-electron chi connectivity index (χ0n) is 9.62. The second-order valence-electron chi connectivity index (χ2n) is 3.95. The Balaban J connectivity index is 2.50. The third kappa shape index (κ3) is 2.09. The fourth-order valence-electron chi connectivity index (χ4n) is 1.68. The van der Waals surface area contributed by atoms with Gasteiger partial charge >= 0.3 is 0 Å². The first-order chi connectivity index (χ1) is 8.52. The number of benzene rings is 1. The van der Waals surface area contributed by atoms with Crippen molar-refractivity contribution in [3.63, 3.8) is 0 Å². The molecule has 0 aliphatic carbocycles. The Labute approximate surface area is 102 Å². The summed E-state index contributed by atoms with van der Waals surface area (Å²) in [5.41, 5.74) is 5.67. The van der Waals surface area contributed by atoms with Crippen LogP contribution < -0.4 is 5.73 Å². The fraction of sp³-hybridized carbons (Fsp3) is 0.154. The molecule has 0 bridgehead atoms. The zero-order valence-corrected chi connectivity index (χ0v) is 9.62. The Morgan fingerprint density at radius 1 is 1.11 bits per heavy atom. The number of nitrogens with two attached hydrogens (primary N) is 1. The van der Waals surface area contributed by atoms with Gasteiger partial charge in [0.1, 0.15) is 5.82 Å². The molecule has 1 atom stereocenters. The van der Waals surface area contributed by atoms with Gasteiger partial charge in [0.2, 0.25) is 0 Å². The van der Waals surface area contributed by atoms with Gasteiger partial charge in [-0.1, -0.05) is 12.1 Å². The molecule has 0 spiro atoms. The Kier molecular flexibility index (Phi) is 3.34. The molecule has 1 heterocycles. The molecule has 0 aliphatic heterocycles. The van der Waals surface area contributed by atoms with Crippen LogP contribution >= 0.6 is 0 Å². The molecule has 0 aliphatic rings. The Morgan fingerprint density at radius 2 is 1.83 bits per heavy atom. The summed E-state index contributed by atoms with van der Waals surface area (Å²) < 4.78 is 40.6. The number of rotatable bonds is 2. The van der Waals surface area contributed by atoms with Crippen LogP contribution in [0.1, 0.15) is 22.9 Å². The van der Waals surface area contributed by atoms with Crippen molar-refractivity contribution < 1.29 is 13.2 Å². The van der Waals surface area contributed by atoms with Gasteiger partial charge in [0.05, 0.1) is 11.7 Å². The van der Waals surface area contributed by atoms with Crippen molar-refractivity contribution in [3.8, 4) is 0 Å². The number of aromatic nitrogens is 1. The van der Waals surface area contributed by atoms with E-state index >= 15 is 0 Å². The molecule has 0 radical (unpaired) electrons. The molecule has 2 rings (SSSR count). The first-order valence-corrected chi connectivity index (χ1v) is 5.33. The van der Waals surface area contributed by atoms with Gasteiger partial charge in [-0.25, -0.2) is 13.2 Å². The highest BCUT2D eigenvalue weighted by atomic mass is 19.2. The van der Waals surface area contributed by atoms with Crippen LogP contribution in [0.15, 0.2) is 30.5 Å². The minimum absolute atomic E-state index is 0.111. The highest BCUT2D eigenvalue weighted by Crippen LogP contribution is 2.25. The van der Waals surface area contributed by atoms with E-state index in [0.29, 0.717) is 0 Å². The lowest BCUT2D eigenvalue weighted by Crippen LogP contribution is -2.17. The van der Waals surface area contributed by atoms with Crippen molar-refractivity contribution in [2.75, 3.05) is 0 Å². The van der Waals surface area contributed by atoms with Gasteiger partial charge in [-0.05, 0) is 24.6 Å². The number of hydrogen-bond acceptors (Lipinski definition) is 2. The Bertz CT molecular complexity index is 584. The monoisotopic (exact) mass is 252 g/mol. The topological polar surface area (TPSA) is 38.9 Å². The molecule has 5 heteroatoms. The maximum absolute atomic E-state index is 13.7. The van der Waals surface area contributed by atoms with Gasteiger partial charge < -0.3 is 5.73 Å². The smallest absolute Gasteiger partial charge is 0.164 e. The summed E-state index contributed by atoms with van der Waals surface area (Å²) in [7, 11) is 0. The second kappa shape index (κ2) is 4.78. The number of aryl methyl sites for hydroxylation is 1. The molecule has 2 N–H and O–H groups in total. The summed E-state index contributed by atoms with van der Waals surface area (Å²) in [6.07, 6.45) is 1.35. The van der Waals surface area contributed by atoms with Crippen LogP contribution in [0.2, 0.25) is 0 Å². The van der Waals surface area contributed by atoms with E-state index in [2.05, 4.69) is 4.98 Å². The molecular weight excluding hydrogens is 241 g/mol. The van der Waals surface area contributed by atoms with E-state index < -0.39 is 23.5 Å². The van der Waals surface area contributed by atoms with Crippen molar-refractivity contribution in [3.05, 3.63) is 64.7 Å². The minimum atomic E-state index is -1.14. The highest BCUT2D eigenvalue weighted by molar-refractivity contribution is 5.32. The number of nitrogens with zero attached hydrogens (tertiary/aromatic N) is 1. The average Bonchev–Trinajstić information content (AvgIpc) is 2.36. The zero-order chi connectivity index (χ0) is 13.3. The molecule has 1 aromatic carbocycles. The van der Waals surface area contributed by atoms with Crippen LogP contribution in [-0.4, -0.2) is 4.98 Å². The third-order valence-corrected chi connectivity index (χ3v) is 2.72. The first-order valence-electron chi connectivity index (χ1n) is 5.33. The van der Waals surface area contributed by atoms with E-state index in [-0.39, 0.29) is 16.8 Å². The molecular formula is C13H11F3N2. The lowest BCUT2D eigenvalue weighted by Gasteiger charge is -2.14. The predicted molar refractivity (Wildman–Crippen MR) is 61.3 cm³/mol. The molecule has 2 aromatic rings. The summed E-state index contributed by atoms with van der Waals surface area (Å²) in [5.74, 6) is -2.68. The average molecular weight is 252 g/mol. The van der Waals surface area contributed by atoms with Crippen molar-refractivity contribution in [1.29, 1.82) is 0 Å². The van der Waals surface area contributed by atoms with E-state index in [4.69, 9.17) is 5.73 Å². The number of halogens is 3. The fourth-order valence-corrected chi connectivity index (χ4v) is 1.68. The Hall–Kier alpha value is -1.88. The predicted octanol–water partition coefficient (Wildman–Crippen LogP) is 2.86. The van der Waals surface area contributed by atoms with Gasteiger partial charge in [0, 0.05) is 11.8 Å². The minimum Gasteiger partial charge on any atom is -0.319 e. The van der Waals surface area contributed by atoms with Gasteiger partial charge in [-0.3, -0.25) is 4.98 Å². The highest BCUT2D eigenvalue weighted by Gasteiger charge is 2.21. The molecule has 18 heavy (non-hydrogen) atoms. The van der Waals surface area contributed by atoms with E-state index in [9.17, 15) is 13.2 Å². The van der Waals surface area contributed by atoms with E-state index in [1.165, 1.54) is 37.4 Å². The van der Waals surface area contributed by atoms with Crippen LogP contribution in [0.25, 0.3) is 0 Å². The first kappa shape index (κ1) is 12.6. The van der Waals surface area contributed by atoms with Gasteiger partial charge in [0.15, 0.2) is 11.6 Å². The van der Waals surface area contributed by atoms with Crippen molar-refractivity contribution in [2.45, 2.75) is 13.0 Å². The van der Waals surface area contributed by atoms with Crippen molar-refractivity contribution in [2.24, 2.45) is 5.73 Å². The van der Waals surface area contributed by atoms with Gasteiger partial charge in [-0.2, -0.15) is 0 Å². The van der Waals surface area contributed by atoms with Gasteiger partial charge in [-0.15, -0.1) is 0 Å². The maximum atomic E-state index is 13.7. The largest absolute Gasteiger partial charge is 0.319 e. The second-order valence-corrected chi connectivity index (χ2v) is 3.95. The number of hydrogen-bond donors (Lipinski definition) is 1. The van der Waals surface area contributed by atoms with Gasteiger partial charge in [0.25, 0.3) is 0 Å². The summed E-state index contributed by atoms with van der Waals surface area (Å²) in [6.45, 7) is 1.44. The number of pyridine rings is 1. The molecule has 1 unspecified atom stereocenters. The lowest BCUT2D eigenvalue weighted by atomic mass is 10.0. The standard InChI is InChI=1S/C13H11F3N2/c1-7-4-5-8(11(16)10(7)15)12(17)13-9(14)3-2-6-18-13/h2-6,12H,17H2,1H3. The Morgan fingerprint density at radius 3 is 2.50 bits per heavy atom. The van der Waals surface area contributed by atoms with Crippen molar-refractivity contribution >= 4 is 0 Å². The quantitative estimate of drug-likeness (QED) is 0.892. The van der Waals surface area contributed by atoms with E-state index in [1.54, 1.807) is 0 Å². The SMILES string of the molecule is Cc1ccc(C(N)c2ncccc2F)c(F)c1F. The molecule has 0 saturated heterocycles. The van der Waals surface area contributed by atoms with Crippen LogP contribution in [0, 0.1) is 24.4 Å². The maximum Gasteiger partial charge on any atom is 0.164 e. The molecule has 0 fully saturated rings. The third-order valence-electron chi connectivity index (χ3n) is 2.72. The summed E-state index contributed by atoms with van der Waals surface area (Å²) >= 11 is 0. The molecule has 2 nitrogen and oxygen atoms in total. The lowest BCUT2D eigenvalue weighted by molar-refractivity contribution is 0.485.